The van der Waals surface area contributed by atoms with Gasteiger partial charge in [-0.1, -0.05) is 12.1 Å². The van der Waals surface area contributed by atoms with Crippen molar-refractivity contribution in [1.82, 2.24) is 15.1 Å². The molecule has 2 heterocycles. The fourth-order valence-electron chi connectivity index (χ4n) is 3.66. The minimum absolute atomic E-state index is 0. The highest BCUT2D eigenvalue weighted by Crippen LogP contribution is 2.20. The maximum Gasteiger partial charge on any atom is 0.243 e. The molecular weight excluding hydrogens is 517 g/mol. The van der Waals surface area contributed by atoms with E-state index in [9.17, 15) is 4.79 Å². The zero-order valence-electron chi connectivity index (χ0n) is 19.4. The number of aliphatic imine (C=N–C) groups is 1. The van der Waals surface area contributed by atoms with E-state index in [0.29, 0.717) is 19.0 Å². The van der Waals surface area contributed by atoms with Crippen molar-refractivity contribution in [1.29, 1.82) is 0 Å². The third-order valence-corrected chi connectivity index (χ3v) is 5.54. The van der Waals surface area contributed by atoms with Crippen molar-refractivity contribution < 1.29 is 9.21 Å². The fourth-order valence-corrected chi connectivity index (χ4v) is 3.66. The Morgan fingerprint density at radius 2 is 1.81 bits per heavy atom. The van der Waals surface area contributed by atoms with Crippen LogP contribution in [0, 0.1) is 0 Å². The zero-order valence-corrected chi connectivity index (χ0v) is 21.7. The molecule has 8 heteroatoms. The summed E-state index contributed by atoms with van der Waals surface area (Å²) in [4.78, 5) is 22.7. The topological polar surface area (TPSA) is 64.3 Å². The summed E-state index contributed by atoms with van der Waals surface area (Å²) >= 11 is 0. The number of piperidine rings is 1. The Bertz CT molecular complexity index is 831. The quantitative estimate of drug-likeness (QED) is 0.308. The number of anilines is 1. The summed E-state index contributed by atoms with van der Waals surface area (Å²) < 4.78 is 5.40. The van der Waals surface area contributed by atoms with E-state index in [4.69, 9.17) is 4.42 Å². The van der Waals surface area contributed by atoms with Gasteiger partial charge in [-0.05, 0) is 49.1 Å². The first-order valence-electron chi connectivity index (χ1n) is 11.1. The van der Waals surface area contributed by atoms with Gasteiger partial charge in [-0.3, -0.25) is 4.79 Å². The van der Waals surface area contributed by atoms with Crippen molar-refractivity contribution in [3.05, 3.63) is 54.0 Å². The molecular formula is C24H36IN5O2. The molecule has 0 atom stereocenters. The predicted octanol–water partition coefficient (Wildman–Crippen LogP) is 3.60. The van der Waals surface area contributed by atoms with Crippen LogP contribution in [0.3, 0.4) is 0 Å². The molecule has 1 N–H and O–H groups in total. The van der Waals surface area contributed by atoms with Crippen LogP contribution < -0.4 is 10.2 Å². The van der Waals surface area contributed by atoms with E-state index in [0.717, 1.165) is 25.3 Å². The molecule has 1 aromatic heterocycles. The number of carbonyl (C=O) groups excluding carboxylic acids is 1. The van der Waals surface area contributed by atoms with Crippen molar-refractivity contribution in [2.24, 2.45) is 4.99 Å². The molecule has 1 fully saturated rings. The third kappa shape index (κ3) is 8.03. The number of nitrogens with one attached hydrogen (secondary N) is 1. The molecule has 1 aliphatic heterocycles. The highest BCUT2D eigenvalue weighted by molar-refractivity contribution is 14.0. The molecule has 0 saturated carbocycles. The monoisotopic (exact) mass is 553 g/mol. The summed E-state index contributed by atoms with van der Waals surface area (Å²) in [6.07, 6.45) is 6.33. The number of benzene rings is 1. The molecule has 0 unspecified atom stereocenters. The lowest BCUT2D eigenvalue weighted by molar-refractivity contribution is -0.127. The number of furan rings is 1. The Balaban J connectivity index is 0.00000363. The van der Waals surface area contributed by atoms with E-state index in [1.54, 1.807) is 25.3 Å². The number of carbonyl (C=O) groups is 1. The van der Waals surface area contributed by atoms with Crippen LogP contribution in [0.1, 0.15) is 30.6 Å². The van der Waals surface area contributed by atoms with E-state index in [1.807, 2.05) is 19.2 Å². The number of hydrogen-bond donors (Lipinski definition) is 1. The van der Waals surface area contributed by atoms with Gasteiger partial charge in [0.1, 0.15) is 12.3 Å². The number of hydrogen-bond acceptors (Lipinski definition) is 4. The van der Waals surface area contributed by atoms with Crippen molar-refractivity contribution in [3.8, 4) is 0 Å². The summed E-state index contributed by atoms with van der Waals surface area (Å²) in [5.74, 6) is 1.61. The van der Waals surface area contributed by atoms with Crippen LogP contribution in [0.4, 0.5) is 5.69 Å². The summed E-state index contributed by atoms with van der Waals surface area (Å²) in [6.45, 7) is 3.81. The van der Waals surface area contributed by atoms with E-state index < -0.39 is 0 Å². The average molecular weight is 553 g/mol. The van der Waals surface area contributed by atoms with E-state index in [2.05, 4.69) is 44.4 Å². The highest BCUT2D eigenvalue weighted by atomic mass is 127. The lowest BCUT2D eigenvalue weighted by atomic mass is 10.1. The van der Waals surface area contributed by atoms with E-state index in [1.165, 1.54) is 30.5 Å². The highest BCUT2D eigenvalue weighted by Gasteiger charge is 2.13. The number of amides is 1. The Kier molecular flexibility index (Phi) is 10.9. The van der Waals surface area contributed by atoms with Gasteiger partial charge in [0.05, 0.1) is 6.26 Å². The lowest BCUT2D eigenvalue weighted by Crippen LogP contribution is -2.40. The number of likely N-dealkylation sites (N-methyl/N-ethyl adjacent to an activating group) is 1. The minimum Gasteiger partial charge on any atom is -0.469 e. The van der Waals surface area contributed by atoms with Crippen molar-refractivity contribution >= 4 is 41.5 Å². The van der Waals surface area contributed by atoms with Crippen LogP contribution in [0.25, 0.3) is 0 Å². The van der Waals surface area contributed by atoms with E-state index >= 15 is 0 Å². The molecule has 1 aromatic carbocycles. The maximum atomic E-state index is 12.0. The van der Waals surface area contributed by atoms with Gasteiger partial charge in [-0.2, -0.15) is 0 Å². The molecule has 1 amide bonds. The van der Waals surface area contributed by atoms with Gasteiger partial charge in [0.2, 0.25) is 5.91 Å². The zero-order chi connectivity index (χ0) is 22.1. The Morgan fingerprint density at radius 3 is 2.44 bits per heavy atom. The van der Waals surface area contributed by atoms with Gasteiger partial charge < -0.3 is 24.4 Å². The van der Waals surface area contributed by atoms with Gasteiger partial charge in [0.25, 0.3) is 0 Å². The second kappa shape index (κ2) is 13.3. The number of guanidine groups is 1. The van der Waals surface area contributed by atoms with Crippen molar-refractivity contribution in [3.63, 3.8) is 0 Å². The lowest BCUT2D eigenvalue weighted by Gasteiger charge is -2.29. The average Bonchev–Trinajstić information content (AvgIpc) is 3.30. The third-order valence-electron chi connectivity index (χ3n) is 5.54. The molecule has 0 aliphatic carbocycles. The van der Waals surface area contributed by atoms with Gasteiger partial charge >= 0.3 is 0 Å². The standard InChI is InChI=1S/C24H35N5O2.HI/c1-27(2)23(30)18-26-24(25-14-13-22-8-7-17-31-22)28(3)19-20-9-11-21(12-10-20)29-15-5-4-6-16-29;/h7-12,17H,4-6,13-16,18-19H2,1-3H3,(H,25,26);1H. The first-order chi connectivity index (χ1) is 15.0. The first-order valence-corrected chi connectivity index (χ1v) is 11.1. The van der Waals surface area contributed by atoms with Crippen LogP contribution in [0.15, 0.2) is 52.1 Å². The molecule has 0 spiro atoms. The fraction of sp³-hybridized carbons (Fsp3) is 0.500. The Labute approximate surface area is 208 Å². The molecule has 32 heavy (non-hydrogen) atoms. The molecule has 176 valence electrons. The van der Waals surface area contributed by atoms with Gasteiger partial charge in [0, 0.05) is 59.4 Å². The maximum absolute atomic E-state index is 12.0. The van der Waals surface area contributed by atoms with Crippen molar-refractivity contribution in [2.75, 3.05) is 52.2 Å². The largest absolute Gasteiger partial charge is 0.469 e. The predicted molar refractivity (Wildman–Crippen MR) is 141 cm³/mol. The van der Waals surface area contributed by atoms with Gasteiger partial charge in [-0.15, -0.1) is 24.0 Å². The SMILES string of the molecule is CN(C)C(=O)CN=C(NCCc1ccco1)N(C)Cc1ccc(N2CCCCC2)cc1.I. The number of halogens is 1. The summed E-state index contributed by atoms with van der Waals surface area (Å²) in [7, 11) is 5.49. The Morgan fingerprint density at radius 1 is 1.09 bits per heavy atom. The van der Waals surface area contributed by atoms with Crippen LogP contribution in [-0.4, -0.2) is 69.0 Å². The molecule has 1 aliphatic rings. The second-order valence-electron chi connectivity index (χ2n) is 8.25. The summed E-state index contributed by atoms with van der Waals surface area (Å²) in [5, 5.41) is 3.37. The number of rotatable bonds is 8. The molecule has 2 aromatic rings. The molecule has 0 bridgehead atoms. The second-order valence-corrected chi connectivity index (χ2v) is 8.25. The van der Waals surface area contributed by atoms with Gasteiger partial charge in [0.15, 0.2) is 5.96 Å². The Hall–Kier alpha value is -2.23. The summed E-state index contributed by atoms with van der Waals surface area (Å²) in [6, 6.07) is 12.6. The van der Waals surface area contributed by atoms with Crippen LogP contribution in [-0.2, 0) is 17.8 Å². The smallest absolute Gasteiger partial charge is 0.243 e. The molecule has 7 nitrogen and oxygen atoms in total. The normalized spacial score (nSPS) is 14.0. The van der Waals surface area contributed by atoms with Crippen LogP contribution >= 0.6 is 24.0 Å². The van der Waals surface area contributed by atoms with Crippen molar-refractivity contribution in [2.45, 2.75) is 32.2 Å². The molecule has 0 radical (unpaired) electrons. The van der Waals surface area contributed by atoms with Crippen LogP contribution in [0.2, 0.25) is 0 Å². The number of nitrogens with zero attached hydrogens (tertiary/aromatic N) is 4. The van der Waals surface area contributed by atoms with Crippen LogP contribution in [0.5, 0.6) is 0 Å². The van der Waals surface area contributed by atoms with E-state index in [-0.39, 0.29) is 36.4 Å². The van der Waals surface area contributed by atoms with Gasteiger partial charge in [-0.25, -0.2) is 4.99 Å². The molecule has 3 rings (SSSR count). The minimum atomic E-state index is -0.0235. The molecule has 1 saturated heterocycles. The first kappa shape index (κ1) is 26.0. The summed E-state index contributed by atoms with van der Waals surface area (Å²) in [5.41, 5.74) is 2.51.